The molecule has 0 aliphatic rings. The van der Waals surface area contributed by atoms with Gasteiger partial charge in [0.15, 0.2) is 0 Å². The van der Waals surface area contributed by atoms with Crippen molar-refractivity contribution in [2.45, 2.75) is 13.3 Å². The van der Waals surface area contributed by atoms with Gasteiger partial charge in [0.05, 0.1) is 0 Å². The fourth-order valence-electron chi connectivity index (χ4n) is 2.55. The second-order valence-corrected chi connectivity index (χ2v) is 5.92. The summed E-state index contributed by atoms with van der Waals surface area (Å²) in [7, 11) is 0. The molecular weight excluding hydrogens is 320 g/mol. The Morgan fingerprint density at radius 1 is 1.04 bits per heavy atom. The van der Waals surface area contributed by atoms with Gasteiger partial charge in [-0.1, -0.05) is 60.1 Å². The van der Waals surface area contributed by atoms with Crippen LogP contribution in [0, 0.1) is 6.92 Å². The number of rotatable bonds is 4. The van der Waals surface area contributed by atoms with Crippen molar-refractivity contribution in [2.75, 3.05) is 5.32 Å². The van der Waals surface area contributed by atoms with Crippen molar-refractivity contribution < 1.29 is 4.79 Å². The van der Waals surface area contributed by atoms with E-state index in [0.29, 0.717) is 17.1 Å². The fraction of sp³-hybridized carbons (Fsp3) is 0.100. The molecule has 0 fully saturated rings. The minimum atomic E-state index is -0.181. The van der Waals surface area contributed by atoms with Gasteiger partial charge in [0.25, 0.3) is 5.91 Å². The predicted octanol–water partition coefficient (Wildman–Crippen LogP) is 4.89. The van der Waals surface area contributed by atoms with Crippen molar-refractivity contribution in [3.05, 3.63) is 94.3 Å². The first-order chi connectivity index (χ1) is 11.6. The van der Waals surface area contributed by atoms with Gasteiger partial charge in [0.1, 0.15) is 5.15 Å². The highest BCUT2D eigenvalue weighted by atomic mass is 35.5. The molecule has 0 aliphatic carbocycles. The van der Waals surface area contributed by atoms with E-state index in [1.54, 1.807) is 6.07 Å². The zero-order valence-corrected chi connectivity index (χ0v) is 14.0. The first-order valence-corrected chi connectivity index (χ1v) is 8.07. The molecule has 0 spiro atoms. The molecule has 1 heterocycles. The number of halogens is 1. The van der Waals surface area contributed by atoms with E-state index >= 15 is 0 Å². The summed E-state index contributed by atoms with van der Waals surface area (Å²) in [6, 6.07) is 21.1. The minimum absolute atomic E-state index is 0.181. The summed E-state index contributed by atoms with van der Waals surface area (Å²) < 4.78 is 0. The second kappa shape index (κ2) is 7.28. The third-order valence-electron chi connectivity index (χ3n) is 3.70. The summed E-state index contributed by atoms with van der Waals surface area (Å²) in [4.78, 5) is 17.0. The summed E-state index contributed by atoms with van der Waals surface area (Å²) in [5, 5.41) is 3.29. The van der Waals surface area contributed by atoms with E-state index in [1.807, 2.05) is 67.6 Å². The summed E-state index contributed by atoms with van der Waals surface area (Å²) in [6.07, 6.45) is 0.560. The number of benzene rings is 2. The number of para-hydroxylation sites is 1. The molecule has 2 aromatic carbocycles. The average molecular weight is 337 g/mol. The molecule has 4 heteroatoms. The maximum atomic E-state index is 12.7. The van der Waals surface area contributed by atoms with E-state index in [2.05, 4.69) is 10.3 Å². The van der Waals surface area contributed by atoms with E-state index in [-0.39, 0.29) is 5.91 Å². The lowest BCUT2D eigenvalue weighted by atomic mass is 10.0. The van der Waals surface area contributed by atoms with Crippen LogP contribution in [0.3, 0.4) is 0 Å². The quantitative estimate of drug-likeness (QED) is 0.689. The van der Waals surface area contributed by atoms with Crippen molar-refractivity contribution >= 4 is 23.2 Å². The number of aromatic nitrogens is 1. The summed E-state index contributed by atoms with van der Waals surface area (Å²) in [5.41, 5.74) is 3.84. The Labute approximate surface area is 146 Å². The smallest absolute Gasteiger partial charge is 0.256 e. The molecule has 3 rings (SSSR count). The fourth-order valence-corrected chi connectivity index (χ4v) is 2.85. The van der Waals surface area contributed by atoms with Crippen LogP contribution >= 0.6 is 11.6 Å². The summed E-state index contributed by atoms with van der Waals surface area (Å²) >= 11 is 6.34. The van der Waals surface area contributed by atoms with Crippen LogP contribution in [-0.2, 0) is 6.42 Å². The Morgan fingerprint density at radius 3 is 2.33 bits per heavy atom. The molecule has 0 saturated carbocycles. The van der Waals surface area contributed by atoms with E-state index in [4.69, 9.17) is 11.6 Å². The molecule has 0 unspecified atom stereocenters. The molecule has 3 aromatic rings. The number of hydrogen-bond donors (Lipinski definition) is 1. The third kappa shape index (κ3) is 3.81. The van der Waals surface area contributed by atoms with E-state index in [0.717, 1.165) is 22.5 Å². The molecule has 24 heavy (non-hydrogen) atoms. The number of pyridine rings is 1. The van der Waals surface area contributed by atoms with Gasteiger partial charge in [-0.15, -0.1) is 0 Å². The summed E-state index contributed by atoms with van der Waals surface area (Å²) in [6.45, 7) is 1.83. The monoisotopic (exact) mass is 336 g/mol. The van der Waals surface area contributed by atoms with Gasteiger partial charge in [0.2, 0.25) is 0 Å². The van der Waals surface area contributed by atoms with Crippen LogP contribution in [0.1, 0.15) is 27.2 Å². The molecular formula is C20H17ClN2O. The van der Waals surface area contributed by atoms with Crippen LogP contribution in [0.25, 0.3) is 0 Å². The van der Waals surface area contributed by atoms with Gasteiger partial charge in [-0.05, 0) is 30.7 Å². The topological polar surface area (TPSA) is 42.0 Å². The molecule has 3 nitrogen and oxygen atoms in total. The number of aryl methyl sites for hydroxylation is 1. The molecule has 120 valence electrons. The van der Waals surface area contributed by atoms with Gasteiger partial charge < -0.3 is 5.32 Å². The van der Waals surface area contributed by atoms with E-state index in [9.17, 15) is 4.79 Å². The zero-order valence-electron chi connectivity index (χ0n) is 13.3. The normalized spacial score (nSPS) is 10.4. The van der Waals surface area contributed by atoms with Crippen molar-refractivity contribution in [2.24, 2.45) is 0 Å². The average Bonchev–Trinajstić information content (AvgIpc) is 2.59. The van der Waals surface area contributed by atoms with Gasteiger partial charge in [-0.3, -0.25) is 4.79 Å². The first kappa shape index (κ1) is 16.2. The van der Waals surface area contributed by atoms with Crippen molar-refractivity contribution in [3.63, 3.8) is 0 Å². The molecule has 1 amide bonds. The van der Waals surface area contributed by atoms with Crippen LogP contribution in [0.15, 0.2) is 66.7 Å². The van der Waals surface area contributed by atoms with Gasteiger partial charge in [-0.25, -0.2) is 4.98 Å². The molecule has 0 atom stereocenters. The Balaban J connectivity index is 1.95. The largest absolute Gasteiger partial charge is 0.322 e. The highest BCUT2D eigenvalue weighted by Crippen LogP contribution is 2.24. The number of carbonyl (C=O) groups excluding carboxylic acids is 1. The number of nitrogens with zero attached hydrogens (tertiary/aromatic N) is 1. The second-order valence-electron chi connectivity index (χ2n) is 5.56. The van der Waals surface area contributed by atoms with Gasteiger partial charge in [-0.2, -0.15) is 0 Å². The molecule has 1 aromatic heterocycles. The number of anilines is 1. The lowest BCUT2D eigenvalue weighted by molar-refractivity contribution is 0.102. The van der Waals surface area contributed by atoms with Crippen LogP contribution in [0.4, 0.5) is 5.69 Å². The maximum absolute atomic E-state index is 12.7. The Bertz CT molecular complexity index is 848. The number of hydrogen-bond acceptors (Lipinski definition) is 2. The SMILES string of the molecule is Cc1cc(C(=O)Nc2ccccc2)c(Cc2ccccc2)c(Cl)n1. The maximum Gasteiger partial charge on any atom is 0.256 e. The standard InChI is InChI=1S/C20H17ClN2O/c1-14-12-18(20(24)23-16-10-6-3-7-11-16)17(19(21)22-14)13-15-8-4-2-5-9-15/h2-12H,13H2,1H3,(H,23,24). The lowest BCUT2D eigenvalue weighted by Gasteiger charge is -2.13. The third-order valence-corrected chi connectivity index (χ3v) is 4.01. The summed E-state index contributed by atoms with van der Waals surface area (Å²) in [5.74, 6) is -0.181. The van der Waals surface area contributed by atoms with Crippen LogP contribution < -0.4 is 5.32 Å². The molecule has 0 aliphatic heterocycles. The molecule has 0 saturated heterocycles. The van der Waals surface area contributed by atoms with Crippen molar-refractivity contribution in [1.29, 1.82) is 0 Å². The molecule has 0 radical (unpaired) electrons. The number of carbonyl (C=O) groups is 1. The molecule has 0 bridgehead atoms. The predicted molar refractivity (Wildman–Crippen MR) is 97.6 cm³/mol. The van der Waals surface area contributed by atoms with Gasteiger partial charge >= 0.3 is 0 Å². The molecule has 1 N–H and O–H groups in total. The van der Waals surface area contributed by atoms with Crippen LogP contribution in [0.2, 0.25) is 5.15 Å². The van der Waals surface area contributed by atoms with Crippen LogP contribution in [0.5, 0.6) is 0 Å². The lowest BCUT2D eigenvalue weighted by Crippen LogP contribution is -2.16. The highest BCUT2D eigenvalue weighted by Gasteiger charge is 2.17. The van der Waals surface area contributed by atoms with Gasteiger partial charge in [0, 0.05) is 28.9 Å². The van der Waals surface area contributed by atoms with Crippen LogP contribution in [-0.4, -0.2) is 10.9 Å². The Hall–Kier alpha value is -2.65. The zero-order chi connectivity index (χ0) is 16.9. The van der Waals surface area contributed by atoms with E-state index < -0.39 is 0 Å². The highest BCUT2D eigenvalue weighted by molar-refractivity contribution is 6.30. The first-order valence-electron chi connectivity index (χ1n) is 7.70. The number of nitrogens with one attached hydrogen (secondary N) is 1. The Morgan fingerprint density at radius 2 is 1.67 bits per heavy atom. The van der Waals surface area contributed by atoms with E-state index in [1.165, 1.54) is 0 Å². The van der Waals surface area contributed by atoms with Crippen molar-refractivity contribution in [3.8, 4) is 0 Å². The minimum Gasteiger partial charge on any atom is -0.322 e. The van der Waals surface area contributed by atoms with Crippen molar-refractivity contribution in [1.82, 2.24) is 4.98 Å². The Kier molecular flexibility index (Phi) is 4.92. The number of amides is 1.